The van der Waals surface area contributed by atoms with Gasteiger partial charge >= 0.3 is 0 Å². The molecule has 0 unspecified atom stereocenters. The Morgan fingerprint density at radius 1 is 1.05 bits per heavy atom. The van der Waals surface area contributed by atoms with E-state index in [1.807, 2.05) is 30.3 Å². The van der Waals surface area contributed by atoms with Crippen LogP contribution in [0.2, 0.25) is 0 Å². The van der Waals surface area contributed by atoms with E-state index in [4.69, 9.17) is 4.74 Å². The third-order valence-electron chi connectivity index (χ3n) is 3.73. The fraction of sp³-hybridized carbons (Fsp3) is 0.400. The van der Waals surface area contributed by atoms with Crippen molar-refractivity contribution < 1.29 is 25.2 Å². The van der Waals surface area contributed by atoms with E-state index in [9.17, 15) is 20.4 Å². The van der Waals surface area contributed by atoms with Gasteiger partial charge in [0, 0.05) is 10.9 Å². The molecule has 22 heavy (non-hydrogen) atoms. The Balaban J connectivity index is 1.86. The molecule has 3 rings (SSSR count). The average molecular weight is 323 g/mol. The lowest BCUT2D eigenvalue weighted by Crippen LogP contribution is -2.55. The van der Waals surface area contributed by atoms with Gasteiger partial charge in [0.1, 0.15) is 35.5 Å². The Labute approximate surface area is 131 Å². The van der Waals surface area contributed by atoms with Crippen LogP contribution in [0, 0.1) is 0 Å². The predicted molar refractivity (Wildman–Crippen MR) is 80.3 cm³/mol. The van der Waals surface area contributed by atoms with E-state index >= 15 is 0 Å². The van der Waals surface area contributed by atoms with Crippen LogP contribution in [0.15, 0.2) is 35.7 Å². The summed E-state index contributed by atoms with van der Waals surface area (Å²) in [6.45, 7) is -0.447. The van der Waals surface area contributed by atoms with Crippen LogP contribution in [-0.2, 0) is 4.74 Å². The molecule has 6 nitrogen and oxygen atoms in total. The lowest BCUT2D eigenvalue weighted by atomic mass is 9.94. The molecule has 4 N–H and O–H groups in total. The zero-order chi connectivity index (χ0) is 15.7. The van der Waals surface area contributed by atoms with Crippen molar-refractivity contribution in [2.24, 2.45) is 0 Å². The summed E-state index contributed by atoms with van der Waals surface area (Å²) >= 11 is 1.40. The second-order valence-corrected chi connectivity index (χ2v) is 6.05. The first kappa shape index (κ1) is 15.5. The lowest BCUT2D eigenvalue weighted by molar-refractivity contribution is -0.232. The normalized spacial score (nSPS) is 32.1. The zero-order valence-electron chi connectivity index (χ0n) is 11.6. The third kappa shape index (κ3) is 2.79. The van der Waals surface area contributed by atoms with Crippen LogP contribution in [0.5, 0.6) is 0 Å². The summed E-state index contributed by atoms with van der Waals surface area (Å²) in [5.74, 6) is 0. The van der Waals surface area contributed by atoms with Gasteiger partial charge in [0.25, 0.3) is 0 Å². The summed E-state index contributed by atoms with van der Waals surface area (Å²) in [4.78, 5) is 4.44. The summed E-state index contributed by atoms with van der Waals surface area (Å²) in [7, 11) is 0. The predicted octanol–water partition coefficient (Wildman–Crippen LogP) is 0.325. The SMILES string of the molecule is OC[C@H]1O[C@@H](c2csc(-c3ccccc3)n2)[C@H](O)[C@@H](O)[C@@H]1O. The number of aliphatic hydroxyl groups is 4. The molecule has 1 aliphatic heterocycles. The number of nitrogens with zero attached hydrogens (tertiary/aromatic N) is 1. The first-order chi connectivity index (χ1) is 10.6. The number of thiazole rings is 1. The molecule has 0 radical (unpaired) electrons. The second kappa shape index (κ2) is 6.41. The summed E-state index contributed by atoms with van der Waals surface area (Å²) < 4.78 is 5.50. The Kier molecular flexibility index (Phi) is 4.53. The van der Waals surface area contributed by atoms with Gasteiger partial charge in [-0.2, -0.15) is 0 Å². The van der Waals surface area contributed by atoms with Gasteiger partial charge in [0.05, 0.1) is 12.3 Å². The summed E-state index contributed by atoms with van der Waals surface area (Å²) in [5.41, 5.74) is 1.42. The van der Waals surface area contributed by atoms with Crippen LogP contribution in [0.4, 0.5) is 0 Å². The molecule has 2 aromatic rings. The highest BCUT2D eigenvalue weighted by Gasteiger charge is 2.44. The van der Waals surface area contributed by atoms with E-state index in [1.54, 1.807) is 5.38 Å². The maximum atomic E-state index is 10.1. The molecular weight excluding hydrogens is 306 g/mol. The van der Waals surface area contributed by atoms with Crippen molar-refractivity contribution in [2.45, 2.75) is 30.5 Å². The van der Waals surface area contributed by atoms with Gasteiger partial charge < -0.3 is 25.2 Å². The average Bonchev–Trinajstić information content (AvgIpc) is 3.04. The number of aromatic nitrogens is 1. The standard InChI is InChI=1S/C15H17NO5S/c17-6-10-11(18)12(19)13(20)14(21-10)9-7-22-15(16-9)8-4-2-1-3-5-8/h1-5,7,10-14,17-20H,6H2/t10-,11-,12+,13-,14+/m1/s1. The molecule has 7 heteroatoms. The maximum Gasteiger partial charge on any atom is 0.129 e. The summed E-state index contributed by atoms with van der Waals surface area (Å²) in [6.07, 6.45) is -5.86. The quantitative estimate of drug-likeness (QED) is 0.649. The van der Waals surface area contributed by atoms with E-state index < -0.39 is 37.1 Å². The van der Waals surface area contributed by atoms with Crippen LogP contribution in [-0.4, -0.2) is 56.4 Å². The van der Waals surface area contributed by atoms with Crippen molar-refractivity contribution >= 4 is 11.3 Å². The van der Waals surface area contributed by atoms with Crippen molar-refractivity contribution in [1.82, 2.24) is 4.98 Å². The molecule has 0 spiro atoms. The number of hydrogen-bond acceptors (Lipinski definition) is 7. The highest BCUT2D eigenvalue weighted by molar-refractivity contribution is 7.13. The maximum absolute atomic E-state index is 10.1. The highest BCUT2D eigenvalue weighted by atomic mass is 32.1. The van der Waals surface area contributed by atoms with Crippen LogP contribution < -0.4 is 0 Å². The minimum absolute atomic E-state index is 0.447. The van der Waals surface area contributed by atoms with Crippen LogP contribution in [0.25, 0.3) is 10.6 Å². The van der Waals surface area contributed by atoms with Gasteiger partial charge in [-0.1, -0.05) is 30.3 Å². The van der Waals surface area contributed by atoms with Gasteiger partial charge in [0.15, 0.2) is 0 Å². The molecule has 1 aliphatic rings. The van der Waals surface area contributed by atoms with Crippen molar-refractivity contribution in [1.29, 1.82) is 0 Å². The van der Waals surface area contributed by atoms with Crippen LogP contribution in [0.1, 0.15) is 11.8 Å². The number of hydrogen-bond donors (Lipinski definition) is 4. The number of ether oxygens (including phenoxy) is 1. The van der Waals surface area contributed by atoms with Gasteiger partial charge in [-0.05, 0) is 0 Å². The first-order valence-corrected chi connectivity index (χ1v) is 7.81. The fourth-order valence-electron chi connectivity index (χ4n) is 2.48. The Bertz CT molecular complexity index is 617. The number of rotatable bonds is 3. The smallest absolute Gasteiger partial charge is 0.129 e. The molecule has 5 atom stereocenters. The van der Waals surface area contributed by atoms with Crippen molar-refractivity contribution in [3.63, 3.8) is 0 Å². The summed E-state index contributed by atoms with van der Waals surface area (Å²) in [5, 5.41) is 41.5. The topological polar surface area (TPSA) is 103 Å². The Morgan fingerprint density at radius 3 is 2.45 bits per heavy atom. The minimum Gasteiger partial charge on any atom is -0.394 e. The van der Waals surface area contributed by atoms with E-state index in [2.05, 4.69) is 4.98 Å². The van der Waals surface area contributed by atoms with E-state index in [0.717, 1.165) is 10.6 Å². The summed E-state index contributed by atoms with van der Waals surface area (Å²) in [6, 6.07) is 9.58. The molecule has 0 saturated carbocycles. The van der Waals surface area contributed by atoms with Gasteiger partial charge in [-0.25, -0.2) is 4.98 Å². The van der Waals surface area contributed by atoms with Gasteiger partial charge in [-0.3, -0.25) is 0 Å². The van der Waals surface area contributed by atoms with Crippen molar-refractivity contribution in [3.05, 3.63) is 41.4 Å². The van der Waals surface area contributed by atoms with E-state index in [-0.39, 0.29) is 0 Å². The van der Waals surface area contributed by atoms with E-state index in [0.29, 0.717) is 5.69 Å². The molecule has 1 aromatic carbocycles. The van der Waals surface area contributed by atoms with Gasteiger partial charge in [0.2, 0.25) is 0 Å². The third-order valence-corrected chi connectivity index (χ3v) is 4.64. The molecule has 118 valence electrons. The first-order valence-electron chi connectivity index (χ1n) is 6.93. The molecular formula is C15H17NO5S. The fourth-order valence-corrected chi connectivity index (χ4v) is 3.33. The molecule has 0 amide bonds. The van der Waals surface area contributed by atoms with Gasteiger partial charge in [-0.15, -0.1) is 11.3 Å². The highest BCUT2D eigenvalue weighted by Crippen LogP contribution is 2.34. The molecule has 2 heterocycles. The monoisotopic (exact) mass is 323 g/mol. The molecule has 1 saturated heterocycles. The Hall–Kier alpha value is -1.35. The van der Waals surface area contributed by atoms with Crippen LogP contribution in [0.3, 0.4) is 0 Å². The van der Waals surface area contributed by atoms with Crippen molar-refractivity contribution in [3.8, 4) is 10.6 Å². The number of benzene rings is 1. The minimum atomic E-state index is -1.39. The second-order valence-electron chi connectivity index (χ2n) is 5.19. The lowest BCUT2D eigenvalue weighted by Gasteiger charge is -2.39. The Morgan fingerprint density at radius 2 is 1.77 bits per heavy atom. The molecule has 0 aliphatic carbocycles. The molecule has 0 bridgehead atoms. The zero-order valence-corrected chi connectivity index (χ0v) is 12.4. The van der Waals surface area contributed by atoms with Crippen molar-refractivity contribution in [2.75, 3.05) is 6.61 Å². The largest absolute Gasteiger partial charge is 0.394 e. The van der Waals surface area contributed by atoms with Crippen LogP contribution >= 0.6 is 11.3 Å². The van der Waals surface area contributed by atoms with E-state index in [1.165, 1.54) is 11.3 Å². The molecule has 1 aromatic heterocycles. The molecule has 1 fully saturated rings. The number of aliphatic hydroxyl groups excluding tert-OH is 4.